The number of hydrogen-bond donors (Lipinski definition) is 2. The summed E-state index contributed by atoms with van der Waals surface area (Å²) in [7, 11) is -1.70. The second-order valence-electron chi connectivity index (χ2n) is 4.69. The molecule has 0 saturated heterocycles. The molecule has 2 N–H and O–H groups in total. The van der Waals surface area contributed by atoms with E-state index in [4.69, 9.17) is 5.11 Å². The van der Waals surface area contributed by atoms with E-state index in [1.54, 1.807) is 6.07 Å². The van der Waals surface area contributed by atoms with Gasteiger partial charge in [0.25, 0.3) is 0 Å². The molecule has 5 nitrogen and oxygen atoms in total. The van der Waals surface area contributed by atoms with Gasteiger partial charge in [-0.05, 0) is 31.5 Å². The zero-order valence-electron chi connectivity index (χ0n) is 11.9. The monoisotopic (exact) mass is 375 g/mol. The number of carboxylic acid groups (broad SMARTS) is 1. The molecule has 0 aromatic heterocycles. The molecule has 0 bridgehead atoms. The average Bonchev–Trinajstić information content (AvgIpc) is 2.37. The Morgan fingerprint density at radius 3 is 2.67 bits per heavy atom. The third-order valence-electron chi connectivity index (χ3n) is 2.81. The highest BCUT2D eigenvalue weighted by atomic mass is 79.9. The maximum Gasteiger partial charge on any atom is 0.336 e. The van der Waals surface area contributed by atoms with Crippen molar-refractivity contribution in [1.82, 2.24) is 5.32 Å². The SMILES string of the molecule is CCCC(C)NC(=O)CS(=O)c1cc(Br)ccc1C(=O)O. The third kappa shape index (κ3) is 5.59. The molecular weight excluding hydrogens is 358 g/mol. The summed E-state index contributed by atoms with van der Waals surface area (Å²) in [4.78, 5) is 23.1. The number of halogens is 1. The summed E-state index contributed by atoms with van der Waals surface area (Å²) in [5.41, 5.74) is -0.0501. The molecule has 1 aromatic rings. The van der Waals surface area contributed by atoms with Gasteiger partial charge >= 0.3 is 5.97 Å². The van der Waals surface area contributed by atoms with E-state index in [1.165, 1.54) is 12.1 Å². The van der Waals surface area contributed by atoms with Gasteiger partial charge in [-0.2, -0.15) is 0 Å². The Bertz CT molecular complexity index is 562. The lowest BCUT2D eigenvalue weighted by Gasteiger charge is -2.13. The average molecular weight is 376 g/mol. The summed E-state index contributed by atoms with van der Waals surface area (Å²) in [6.45, 7) is 3.90. The van der Waals surface area contributed by atoms with Crippen molar-refractivity contribution in [3.63, 3.8) is 0 Å². The minimum absolute atomic E-state index is 0.0148. The third-order valence-corrected chi connectivity index (χ3v) is 4.66. The van der Waals surface area contributed by atoms with Crippen LogP contribution >= 0.6 is 15.9 Å². The number of amides is 1. The van der Waals surface area contributed by atoms with Crippen LogP contribution in [0.15, 0.2) is 27.6 Å². The molecule has 1 aromatic carbocycles. The van der Waals surface area contributed by atoms with E-state index in [0.29, 0.717) is 4.47 Å². The van der Waals surface area contributed by atoms with Crippen molar-refractivity contribution < 1.29 is 18.9 Å². The van der Waals surface area contributed by atoms with E-state index in [2.05, 4.69) is 21.2 Å². The van der Waals surface area contributed by atoms with Crippen molar-refractivity contribution in [2.75, 3.05) is 5.75 Å². The standard InChI is InChI=1S/C14H18BrNO4S/c1-3-4-9(2)16-13(17)8-21(20)12-7-10(15)5-6-11(12)14(18)19/h5-7,9H,3-4,8H2,1-2H3,(H,16,17)(H,18,19). The van der Waals surface area contributed by atoms with E-state index in [9.17, 15) is 13.8 Å². The molecule has 0 aliphatic carbocycles. The normalized spacial score (nSPS) is 13.5. The van der Waals surface area contributed by atoms with Crippen LogP contribution in [0, 0.1) is 0 Å². The molecule has 21 heavy (non-hydrogen) atoms. The molecule has 0 radical (unpaired) electrons. The predicted molar refractivity (Wildman–Crippen MR) is 84.9 cm³/mol. The lowest BCUT2D eigenvalue weighted by atomic mass is 10.2. The Labute approximate surface area is 134 Å². The molecule has 0 heterocycles. The van der Waals surface area contributed by atoms with Crippen LogP contribution in [-0.4, -0.2) is 33.0 Å². The quantitative estimate of drug-likeness (QED) is 0.766. The molecule has 7 heteroatoms. The van der Waals surface area contributed by atoms with Crippen LogP contribution in [0.25, 0.3) is 0 Å². The summed E-state index contributed by atoms with van der Waals surface area (Å²) < 4.78 is 12.9. The second kappa shape index (κ2) is 8.29. The molecule has 0 spiro atoms. The van der Waals surface area contributed by atoms with Crippen molar-refractivity contribution in [2.45, 2.75) is 37.6 Å². The smallest absolute Gasteiger partial charge is 0.336 e. The van der Waals surface area contributed by atoms with Crippen LogP contribution in [0.4, 0.5) is 0 Å². The molecule has 0 aliphatic heterocycles. The minimum atomic E-state index is -1.70. The van der Waals surface area contributed by atoms with Gasteiger partial charge in [0, 0.05) is 10.5 Å². The fraction of sp³-hybridized carbons (Fsp3) is 0.429. The summed E-state index contributed by atoms with van der Waals surface area (Å²) >= 11 is 3.21. The van der Waals surface area contributed by atoms with E-state index >= 15 is 0 Å². The first-order valence-corrected chi connectivity index (χ1v) is 8.67. The fourth-order valence-electron chi connectivity index (χ4n) is 1.88. The summed E-state index contributed by atoms with van der Waals surface area (Å²) in [5.74, 6) is -1.75. The lowest BCUT2D eigenvalue weighted by molar-refractivity contribution is -0.119. The topological polar surface area (TPSA) is 83.5 Å². The lowest BCUT2D eigenvalue weighted by Crippen LogP contribution is -2.35. The number of hydrogen-bond acceptors (Lipinski definition) is 3. The molecular formula is C14H18BrNO4S. The number of rotatable bonds is 7. The van der Waals surface area contributed by atoms with Crippen LogP contribution in [0.3, 0.4) is 0 Å². The van der Waals surface area contributed by atoms with E-state index in [0.717, 1.165) is 12.8 Å². The molecule has 1 rings (SSSR count). The van der Waals surface area contributed by atoms with Crippen LogP contribution < -0.4 is 5.32 Å². The summed E-state index contributed by atoms with van der Waals surface area (Å²) in [6.07, 6.45) is 1.79. The Morgan fingerprint density at radius 2 is 2.10 bits per heavy atom. The first-order valence-electron chi connectivity index (χ1n) is 6.55. The maximum absolute atomic E-state index is 12.2. The molecule has 2 atom stereocenters. The van der Waals surface area contributed by atoms with E-state index in [-0.39, 0.29) is 28.2 Å². The van der Waals surface area contributed by atoms with E-state index in [1.807, 2.05) is 13.8 Å². The minimum Gasteiger partial charge on any atom is -0.478 e. The molecule has 116 valence electrons. The first-order chi connectivity index (χ1) is 9.85. The Balaban J connectivity index is 2.82. The van der Waals surface area contributed by atoms with Gasteiger partial charge < -0.3 is 10.4 Å². The van der Waals surface area contributed by atoms with Gasteiger partial charge in [-0.3, -0.25) is 9.00 Å². The van der Waals surface area contributed by atoms with Crippen LogP contribution in [-0.2, 0) is 15.6 Å². The number of carbonyl (C=O) groups excluding carboxylic acids is 1. The molecule has 1 amide bonds. The van der Waals surface area contributed by atoms with E-state index < -0.39 is 16.8 Å². The number of benzene rings is 1. The molecule has 0 saturated carbocycles. The maximum atomic E-state index is 12.2. The van der Waals surface area contributed by atoms with Gasteiger partial charge in [0.05, 0.1) is 21.3 Å². The molecule has 2 unspecified atom stereocenters. The highest BCUT2D eigenvalue weighted by Crippen LogP contribution is 2.20. The van der Waals surface area contributed by atoms with Crippen LogP contribution in [0.1, 0.15) is 37.0 Å². The molecule has 0 aliphatic rings. The van der Waals surface area contributed by atoms with Crippen LogP contribution in [0.2, 0.25) is 0 Å². The first kappa shape index (κ1) is 17.8. The number of nitrogens with one attached hydrogen (secondary N) is 1. The van der Waals surface area contributed by atoms with Crippen molar-refractivity contribution in [2.24, 2.45) is 0 Å². The zero-order chi connectivity index (χ0) is 16.0. The van der Waals surface area contributed by atoms with Gasteiger partial charge in [0.2, 0.25) is 5.91 Å². The summed E-state index contributed by atoms with van der Waals surface area (Å²) in [5, 5.41) is 11.9. The van der Waals surface area contributed by atoms with Gasteiger partial charge in [0.15, 0.2) is 0 Å². The van der Waals surface area contributed by atoms with Crippen molar-refractivity contribution in [3.8, 4) is 0 Å². The summed E-state index contributed by atoms with van der Waals surface area (Å²) in [6, 6.07) is 4.42. The highest BCUT2D eigenvalue weighted by molar-refractivity contribution is 9.10. The Hall–Kier alpha value is -1.21. The predicted octanol–water partition coefficient (Wildman–Crippen LogP) is 2.56. The fourth-order valence-corrected chi connectivity index (χ4v) is 3.53. The van der Waals surface area contributed by atoms with Gasteiger partial charge in [-0.15, -0.1) is 0 Å². The zero-order valence-corrected chi connectivity index (χ0v) is 14.3. The largest absolute Gasteiger partial charge is 0.478 e. The van der Waals surface area contributed by atoms with Gasteiger partial charge in [-0.1, -0.05) is 29.3 Å². The van der Waals surface area contributed by atoms with Crippen molar-refractivity contribution in [3.05, 3.63) is 28.2 Å². The van der Waals surface area contributed by atoms with Crippen LogP contribution in [0.5, 0.6) is 0 Å². The Morgan fingerprint density at radius 1 is 1.43 bits per heavy atom. The number of aromatic carboxylic acids is 1. The van der Waals surface area contributed by atoms with Crippen molar-refractivity contribution >= 4 is 38.6 Å². The number of carbonyl (C=O) groups is 2. The number of carboxylic acids is 1. The highest BCUT2D eigenvalue weighted by Gasteiger charge is 2.19. The van der Waals surface area contributed by atoms with Gasteiger partial charge in [0.1, 0.15) is 5.75 Å². The molecule has 0 fully saturated rings. The Kier molecular flexibility index (Phi) is 7.04. The van der Waals surface area contributed by atoms with Crippen molar-refractivity contribution in [1.29, 1.82) is 0 Å². The second-order valence-corrected chi connectivity index (χ2v) is 7.03. The van der Waals surface area contributed by atoms with Gasteiger partial charge in [-0.25, -0.2) is 4.79 Å².